The molecule has 0 saturated carbocycles. The summed E-state index contributed by atoms with van der Waals surface area (Å²) in [6.07, 6.45) is 0. The van der Waals surface area contributed by atoms with E-state index in [4.69, 9.17) is 18.0 Å². The zero-order chi connectivity index (χ0) is 16.3. The van der Waals surface area contributed by atoms with Gasteiger partial charge >= 0.3 is 0 Å². The molecule has 0 saturated heterocycles. The number of azo groups is 1. The van der Waals surface area contributed by atoms with Gasteiger partial charge in [0.25, 0.3) is 5.91 Å². The fraction of sp³-hybridized carbons (Fsp3) is 0.231. The minimum absolute atomic E-state index is 0.123. The Labute approximate surface area is 132 Å². The number of anilines is 1. The lowest BCUT2D eigenvalue weighted by atomic mass is 10.2. The van der Waals surface area contributed by atoms with Gasteiger partial charge in [0.1, 0.15) is 0 Å². The fourth-order valence-electron chi connectivity index (χ4n) is 1.79. The first-order chi connectivity index (χ1) is 10.4. The number of benzene rings is 1. The predicted octanol–water partition coefficient (Wildman–Crippen LogP) is 1.56. The molecule has 1 unspecified atom stereocenters. The summed E-state index contributed by atoms with van der Waals surface area (Å²) < 4.78 is 0. The summed E-state index contributed by atoms with van der Waals surface area (Å²) in [4.78, 5) is 22.9. The fourth-order valence-corrected chi connectivity index (χ4v) is 1.92. The standard InChI is InChI=1S/C13H14N6O2S/c1-7-11(12(21)19(18-7)13(14)22)17-16-10-5-3-9(4-6-10)15-8(2)20/h3-6,11H,1-2H3,(H2,14,22)(H,15,20). The van der Waals surface area contributed by atoms with Crippen molar-refractivity contribution in [3.05, 3.63) is 24.3 Å². The van der Waals surface area contributed by atoms with Crippen LogP contribution in [-0.2, 0) is 9.59 Å². The average molecular weight is 318 g/mol. The average Bonchev–Trinajstić information content (AvgIpc) is 2.73. The van der Waals surface area contributed by atoms with Crippen molar-refractivity contribution in [2.24, 2.45) is 21.1 Å². The van der Waals surface area contributed by atoms with E-state index in [1.807, 2.05) is 0 Å². The molecule has 0 aromatic heterocycles. The summed E-state index contributed by atoms with van der Waals surface area (Å²) in [6, 6.07) is 5.90. The molecular weight excluding hydrogens is 304 g/mol. The molecule has 0 radical (unpaired) electrons. The van der Waals surface area contributed by atoms with E-state index in [1.54, 1.807) is 31.2 Å². The lowest BCUT2D eigenvalue weighted by Gasteiger charge is -2.08. The molecule has 1 aromatic carbocycles. The third kappa shape index (κ3) is 3.50. The normalized spacial score (nSPS) is 17.7. The highest BCUT2D eigenvalue weighted by Gasteiger charge is 2.35. The van der Waals surface area contributed by atoms with Crippen LogP contribution < -0.4 is 11.1 Å². The van der Waals surface area contributed by atoms with Gasteiger partial charge in [0, 0.05) is 12.6 Å². The molecule has 1 heterocycles. The van der Waals surface area contributed by atoms with Crippen LogP contribution in [0.3, 0.4) is 0 Å². The van der Waals surface area contributed by atoms with Gasteiger partial charge in [-0.15, -0.1) is 0 Å². The predicted molar refractivity (Wildman–Crippen MR) is 85.8 cm³/mol. The Kier molecular flexibility index (Phi) is 4.56. The van der Waals surface area contributed by atoms with Crippen molar-refractivity contribution < 1.29 is 9.59 Å². The highest BCUT2D eigenvalue weighted by atomic mass is 32.1. The molecular formula is C13H14N6O2S. The number of nitrogens with zero attached hydrogens (tertiary/aromatic N) is 4. The lowest BCUT2D eigenvalue weighted by molar-refractivity contribution is -0.126. The molecule has 1 aromatic rings. The largest absolute Gasteiger partial charge is 0.374 e. The van der Waals surface area contributed by atoms with Crippen molar-refractivity contribution in [3.63, 3.8) is 0 Å². The molecule has 8 nitrogen and oxygen atoms in total. The van der Waals surface area contributed by atoms with Crippen LogP contribution in [0.1, 0.15) is 13.8 Å². The topological polar surface area (TPSA) is 113 Å². The van der Waals surface area contributed by atoms with Crippen LogP contribution in [0.15, 0.2) is 39.6 Å². The van der Waals surface area contributed by atoms with Gasteiger partial charge in [-0.25, -0.2) is 0 Å². The Hall–Kier alpha value is -2.68. The first kappa shape index (κ1) is 15.7. The van der Waals surface area contributed by atoms with Crippen molar-refractivity contribution in [2.45, 2.75) is 19.9 Å². The van der Waals surface area contributed by atoms with Gasteiger partial charge in [-0.1, -0.05) is 0 Å². The maximum atomic E-state index is 12.0. The number of hydrogen-bond donors (Lipinski definition) is 2. The van der Waals surface area contributed by atoms with Crippen molar-refractivity contribution >= 4 is 46.2 Å². The molecule has 9 heteroatoms. The molecule has 0 aliphatic carbocycles. The summed E-state index contributed by atoms with van der Waals surface area (Å²) >= 11 is 4.73. The molecule has 1 atom stereocenters. The van der Waals surface area contributed by atoms with E-state index >= 15 is 0 Å². The second-order valence-electron chi connectivity index (χ2n) is 4.58. The molecule has 114 valence electrons. The molecule has 22 heavy (non-hydrogen) atoms. The SMILES string of the molecule is CC(=O)Nc1ccc(N=NC2C(=O)N(C(N)=S)N=C2C)cc1. The van der Waals surface area contributed by atoms with Crippen molar-refractivity contribution in [1.29, 1.82) is 0 Å². The minimum atomic E-state index is -0.823. The molecule has 3 N–H and O–H groups in total. The van der Waals surface area contributed by atoms with Gasteiger partial charge in [-0.05, 0) is 43.4 Å². The Balaban J connectivity index is 2.09. The number of hydrogen-bond acceptors (Lipinski definition) is 6. The van der Waals surface area contributed by atoms with Crippen LogP contribution in [0, 0.1) is 0 Å². The molecule has 1 aliphatic rings. The summed E-state index contributed by atoms with van der Waals surface area (Å²) in [5.74, 6) is -0.584. The lowest BCUT2D eigenvalue weighted by Crippen LogP contribution is -2.37. The van der Waals surface area contributed by atoms with E-state index < -0.39 is 11.9 Å². The molecule has 0 spiro atoms. The van der Waals surface area contributed by atoms with Crippen molar-refractivity contribution in [1.82, 2.24) is 5.01 Å². The smallest absolute Gasteiger partial charge is 0.282 e. The van der Waals surface area contributed by atoms with E-state index in [1.165, 1.54) is 6.92 Å². The van der Waals surface area contributed by atoms with Crippen LogP contribution >= 0.6 is 12.2 Å². The first-order valence-corrected chi connectivity index (χ1v) is 6.76. The number of nitrogens with one attached hydrogen (secondary N) is 1. The van der Waals surface area contributed by atoms with Gasteiger partial charge in [0.15, 0.2) is 11.2 Å². The van der Waals surface area contributed by atoms with Crippen LogP contribution in [0.4, 0.5) is 11.4 Å². The summed E-state index contributed by atoms with van der Waals surface area (Å²) in [5.41, 5.74) is 7.07. The minimum Gasteiger partial charge on any atom is -0.374 e. The van der Waals surface area contributed by atoms with Crippen molar-refractivity contribution in [2.75, 3.05) is 5.32 Å². The zero-order valence-electron chi connectivity index (χ0n) is 12.0. The Morgan fingerprint density at radius 2 is 2.05 bits per heavy atom. The summed E-state index contributed by atoms with van der Waals surface area (Å²) in [7, 11) is 0. The monoisotopic (exact) mass is 318 g/mol. The highest BCUT2D eigenvalue weighted by molar-refractivity contribution is 7.80. The second-order valence-corrected chi connectivity index (χ2v) is 4.99. The van der Waals surface area contributed by atoms with E-state index in [-0.39, 0.29) is 11.0 Å². The molecule has 0 fully saturated rings. The van der Waals surface area contributed by atoms with E-state index in [9.17, 15) is 9.59 Å². The van der Waals surface area contributed by atoms with E-state index in [2.05, 4.69) is 20.6 Å². The Bertz CT molecular complexity index is 682. The van der Waals surface area contributed by atoms with Crippen LogP contribution in [0.2, 0.25) is 0 Å². The quantitative estimate of drug-likeness (QED) is 0.650. The van der Waals surface area contributed by atoms with Gasteiger partial charge in [-0.3, -0.25) is 9.59 Å². The number of carbonyl (C=O) groups is 2. The number of nitrogens with two attached hydrogens (primary N) is 1. The Morgan fingerprint density at radius 1 is 1.41 bits per heavy atom. The number of rotatable bonds is 3. The van der Waals surface area contributed by atoms with E-state index in [0.717, 1.165) is 5.01 Å². The number of hydrazone groups is 1. The molecule has 1 aliphatic heterocycles. The van der Waals surface area contributed by atoms with Gasteiger partial charge in [0.2, 0.25) is 5.91 Å². The van der Waals surface area contributed by atoms with Gasteiger partial charge in [0.05, 0.1) is 11.4 Å². The first-order valence-electron chi connectivity index (χ1n) is 6.35. The van der Waals surface area contributed by atoms with Crippen LogP contribution in [0.25, 0.3) is 0 Å². The van der Waals surface area contributed by atoms with Crippen molar-refractivity contribution in [3.8, 4) is 0 Å². The molecule has 2 amide bonds. The number of carbonyl (C=O) groups excluding carboxylic acids is 2. The van der Waals surface area contributed by atoms with Gasteiger partial charge in [-0.2, -0.15) is 20.3 Å². The second kappa shape index (κ2) is 6.39. The third-order valence-electron chi connectivity index (χ3n) is 2.78. The zero-order valence-corrected chi connectivity index (χ0v) is 12.8. The van der Waals surface area contributed by atoms with Crippen LogP contribution in [0.5, 0.6) is 0 Å². The maximum absolute atomic E-state index is 12.0. The van der Waals surface area contributed by atoms with Crippen LogP contribution in [-0.4, -0.2) is 33.7 Å². The highest BCUT2D eigenvalue weighted by Crippen LogP contribution is 2.19. The number of amides is 2. The summed E-state index contributed by atoms with van der Waals surface area (Å²) in [5, 5.41) is 15.4. The van der Waals surface area contributed by atoms with E-state index in [0.29, 0.717) is 17.1 Å². The molecule has 2 rings (SSSR count). The Morgan fingerprint density at radius 3 is 2.55 bits per heavy atom. The molecule has 0 bridgehead atoms. The maximum Gasteiger partial charge on any atom is 0.282 e. The van der Waals surface area contributed by atoms with Gasteiger partial charge < -0.3 is 11.1 Å². The summed E-state index contributed by atoms with van der Waals surface area (Å²) in [6.45, 7) is 3.08. The third-order valence-corrected chi connectivity index (χ3v) is 2.95. The number of thiocarbonyl (C=S) groups is 1.